The van der Waals surface area contributed by atoms with Crippen molar-refractivity contribution in [2.75, 3.05) is 26.2 Å². The number of hydrogen-bond donors (Lipinski definition) is 1. The van der Waals surface area contributed by atoms with Crippen molar-refractivity contribution in [2.45, 2.75) is 25.5 Å². The smallest absolute Gasteiger partial charge is 0.218 e. The zero-order valence-electron chi connectivity index (χ0n) is 8.69. The van der Waals surface area contributed by atoms with E-state index in [1.807, 2.05) is 13.8 Å². The average Bonchev–Trinajstić information content (AvgIpc) is 2.58. The fourth-order valence-corrected chi connectivity index (χ4v) is 3.56. The Kier molecular flexibility index (Phi) is 5.97. The molecule has 1 saturated heterocycles. The largest absolute Gasteiger partial charge is 0.315 e. The van der Waals surface area contributed by atoms with Gasteiger partial charge in [-0.25, -0.2) is 12.7 Å². The van der Waals surface area contributed by atoms with E-state index in [2.05, 4.69) is 5.32 Å². The summed E-state index contributed by atoms with van der Waals surface area (Å²) in [6.45, 7) is 6.35. The topological polar surface area (TPSA) is 49.4 Å². The Morgan fingerprint density at radius 1 is 1.36 bits per heavy atom. The normalized spacial score (nSPS) is 22.4. The lowest BCUT2D eigenvalue weighted by molar-refractivity contribution is 0.436. The maximum absolute atomic E-state index is 11.9. The quantitative estimate of drug-likeness (QED) is 0.779. The van der Waals surface area contributed by atoms with Crippen LogP contribution in [0.5, 0.6) is 0 Å². The van der Waals surface area contributed by atoms with Crippen molar-refractivity contribution in [3.8, 4) is 0 Å². The molecule has 0 aromatic heterocycles. The van der Waals surface area contributed by atoms with E-state index in [-0.39, 0.29) is 17.7 Å². The van der Waals surface area contributed by atoms with Crippen LogP contribution in [-0.2, 0) is 10.0 Å². The fourth-order valence-electron chi connectivity index (χ4n) is 1.68. The molecule has 1 rings (SSSR count). The summed E-state index contributed by atoms with van der Waals surface area (Å²) < 4.78 is 25.3. The molecule has 0 amide bonds. The van der Waals surface area contributed by atoms with Gasteiger partial charge in [0.25, 0.3) is 0 Å². The van der Waals surface area contributed by atoms with Crippen molar-refractivity contribution < 1.29 is 8.42 Å². The lowest BCUT2D eigenvalue weighted by Crippen LogP contribution is -2.39. The number of sulfonamides is 1. The second-order valence-corrected chi connectivity index (χ2v) is 5.46. The van der Waals surface area contributed by atoms with E-state index in [4.69, 9.17) is 0 Å². The van der Waals surface area contributed by atoms with Crippen molar-refractivity contribution in [2.24, 2.45) is 0 Å². The van der Waals surface area contributed by atoms with Gasteiger partial charge in [0.05, 0.1) is 5.25 Å². The predicted molar refractivity (Wildman–Crippen MR) is 60.4 cm³/mol. The molecule has 1 heterocycles. The zero-order chi connectivity index (χ0) is 9.90. The first-order valence-corrected chi connectivity index (χ1v) is 6.33. The van der Waals surface area contributed by atoms with Crippen LogP contribution in [0.25, 0.3) is 0 Å². The number of nitrogens with one attached hydrogen (secondary N) is 1. The molecule has 0 spiro atoms. The van der Waals surface area contributed by atoms with Gasteiger partial charge in [0, 0.05) is 19.6 Å². The summed E-state index contributed by atoms with van der Waals surface area (Å²) in [5.41, 5.74) is 0. The molecule has 86 valence electrons. The molecule has 14 heavy (non-hydrogen) atoms. The van der Waals surface area contributed by atoms with Crippen LogP contribution >= 0.6 is 12.4 Å². The van der Waals surface area contributed by atoms with Crippen molar-refractivity contribution in [3.05, 3.63) is 0 Å². The molecule has 0 aromatic rings. The fraction of sp³-hybridized carbons (Fsp3) is 1.00. The second-order valence-electron chi connectivity index (χ2n) is 3.24. The maximum Gasteiger partial charge on any atom is 0.218 e. The molecule has 1 fully saturated rings. The second kappa shape index (κ2) is 5.90. The highest BCUT2D eigenvalue weighted by atomic mass is 35.5. The number of halogens is 1. The summed E-state index contributed by atoms with van der Waals surface area (Å²) in [5, 5.41) is 2.87. The van der Waals surface area contributed by atoms with Gasteiger partial charge in [0.2, 0.25) is 10.0 Å². The molecule has 1 atom stereocenters. The number of nitrogens with zero attached hydrogens (tertiary/aromatic N) is 1. The summed E-state index contributed by atoms with van der Waals surface area (Å²) in [6, 6.07) is 0. The summed E-state index contributed by atoms with van der Waals surface area (Å²) in [5.74, 6) is 0. The summed E-state index contributed by atoms with van der Waals surface area (Å²) in [7, 11) is -3.03. The van der Waals surface area contributed by atoms with Crippen LogP contribution in [0.15, 0.2) is 0 Å². The Hall–Kier alpha value is 0.160. The van der Waals surface area contributed by atoms with Crippen molar-refractivity contribution in [3.63, 3.8) is 0 Å². The van der Waals surface area contributed by atoms with Crippen LogP contribution in [0.3, 0.4) is 0 Å². The Balaban J connectivity index is 0.00000169. The van der Waals surface area contributed by atoms with Gasteiger partial charge in [0.1, 0.15) is 0 Å². The molecule has 0 aliphatic carbocycles. The van der Waals surface area contributed by atoms with Crippen molar-refractivity contribution in [1.82, 2.24) is 9.62 Å². The van der Waals surface area contributed by atoms with Gasteiger partial charge >= 0.3 is 0 Å². The summed E-state index contributed by atoms with van der Waals surface area (Å²) >= 11 is 0. The van der Waals surface area contributed by atoms with Crippen LogP contribution in [0.2, 0.25) is 0 Å². The molecule has 1 aliphatic heterocycles. The van der Waals surface area contributed by atoms with Gasteiger partial charge < -0.3 is 5.32 Å². The van der Waals surface area contributed by atoms with Gasteiger partial charge in [-0.15, -0.1) is 12.4 Å². The minimum absolute atomic E-state index is 0. The van der Waals surface area contributed by atoms with Gasteiger partial charge in [0.15, 0.2) is 0 Å². The van der Waals surface area contributed by atoms with E-state index in [0.29, 0.717) is 19.6 Å². The zero-order valence-corrected chi connectivity index (χ0v) is 10.3. The molecule has 1 unspecified atom stereocenters. The predicted octanol–water partition coefficient (Wildman–Crippen LogP) is 0.442. The van der Waals surface area contributed by atoms with Gasteiger partial charge in [-0.2, -0.15) is 0 Å². The minimum Gasteiger partial charge on any atom is -0.315 e. The Labute approximate surface area is 92.5 Å². The lowest BCUT2D eigenvalue weighted by atomic mass is 10.4. The number of hydrogen-bond acceptors (Lipinski definition) is 3. The van der Waals surface area contributed by atoms with Crippen LogP contribution in [-0.4, -0.2) is 44.2 Å². The van der Waals surface area contributed by atoms with E-state index in [1.165, 1.54) is 0 Å². The molecule has 0 bridgehead atoms. The molecule has 1 N–H and O–H groups in total. The summed E-state index contributed by atoms with van der Waals surface area (Å²) in [4.78, 5) is 0. The van der Waals surface area contributed by atoms with Crippen molar-refractivity contribution in [1.29, 1.82) is 0 Å². The molecular formula is C8H19ClN2O2S. The van der Waals surface area contributed by atoms with Crippen molar-refractivity contribution >= 4 is 22.4 Å². The number of rotatable bonds is 4. The molecule has 0 aromatic carbocycles. The molecule has 0 radical (unpaired) electrons. The highest BCUT2D eigenvalue weighted by Gasteiger charge is 2.32. The first-order chi connectivity index (χ1) is 6.12. The molecule has 1 aliphatic rings. The molecular weight excluding hydrogens is 224 g/mol. The lowest BCUT2D eigenvalue weighted by Gasteiger charge is -2.22. The summed E-state index contributed by atoms with van der Waals surface area (Å²) in [6.07, 6.45) is 0.749. The van der Waals surface area contributed by atoms with Crippen LogP contribution in [0.4, 0.5) is 0 Å². The Bertz CT molecular complexity index is 238. The highest BCUT2D eigenvalue weighted by molar-refractivity contribution is 7.89. The average molecular weight is 243 g/mol. The standard InChI is InChI=1S/C8H18N2O2S.ClH/c1-3-10(4-2)13(11,12)8-5-6-9-7-8;/h8-9H,3-7H2,1-2H3;1H. The highest BCUT2D eigenvalue weighted by Crippen LogP contribution is 2.14. The van der Waals surface area contributed by atoms with E-state index >= 15 is 0 Å². The van der Waals surface area contributed by atoms with Gasteiger partial charge in [-0.1, -0.05) is 13.8 Å². The first kappa shape index (κ1) is 14.2. The van der Waals surface area contributed by atoms with Crippen LogP contribution in [0, 0.1) is 0 Å². The third kappa shape index (κ3) is 2.82. The van der Waals surface area contributed by atoms with Crippen LogP contribution < -0.4 is 5.32 Å². The van der Waals surface area contributed by atoms with E-state index in [1.54, 1.807) is 4.31 Å². The molecule has 6 heteroatoms. The third-order valence-electron chi connectivity index (χ3n) is 2.50. The monoisotopic (exact) mass is 242 g/mol. The van der Waals surface area contributed by atoms with Gasteiger partial charge in [-0.3, -0.25) is 0 Å². The maximum atomic E-state index is 11.9. The van der Waals surface area contributed by atoms with E-state index in [9.17, 15) is 8.42 Å². The third-order valence-corrected chi connectivity index (χ3v) is 4.98. The SMILES string of the molecule is CCN(CC)S(=O)(=O)C1CCNC1.Cl. The Morgan fingerprint density at radius 2 is 1.93 bits per heavy atom. The Morgan fingerprint density at radius 3 is 2.29 bits per heavy atom. The first-order valence-electron chi connectivity index (χ1n) is 4.82. The molecule has 0 saturated carbocycles. The minimum atomic E-state index is -3.03. The molecule has 4 nitrogen and oxygen atoms in total. The van der Waals surface area contributed by atoms with E-state index in [0.717, 1.165) is 13.0 Å². The van der Waals surface area contributed by atoms with Crippen LogP contribution in [0.1, 0.15) is 20.3 Å². The van der Waals surface area contributed by atoms with Gasteiger partial charge in [-0.05, 0) is 13.0 Å². The van der Waals surface area contributed by atoms with E-state index < -0.39 is 10.0 Å².